The molecule has 0 bridgehead atoms. The highest BCUT2D eigenvalue weighted by Gasteiger charge is 2.31. The van der Waals surface area contributed by atoms with E-state index in [2.05, 4.69) is 4.98 Å². The molecular formula is C12H19N3O4S. The third-order valence-electron chi connectivity index (χ3n) is 3.23. The number of ether oxygens (including phenoxy) is 1. The predicted molar refractivity (Wildman–Crippen MR) is 73.5 cm³/mol. The van der Waals surface area contributed by atoms with Crippen LogP contribution >= 0.6 is 0 Å². The molecule has 0 spiro atoms. The summed E-state index contributed by atoms with van der Waals surface area (Å²) in [4.78, 5) is 3.87. The van der Waals surface area contributed by atoms with E-state index in [0.29, 0.717) is 25.9 Å². The average molecular weight is 301 g/mol. The summed E-state index contributed by atoms with van der Waals surface area (Å²) >= 11 is 0. The first-order chi connectivity index (χ1) is 9.55. The van der Waals surface area contributed by atoms with Gasteiger partial charge in [-0.1, -0.05) is 0 Å². The van der Waals surface area contributed by atoms with E-state index in [-0.39, 0.29) is 30.0 Å². The maximum atomic E-state index is 12.4. The Morgan fingerprint density at radius 3 is 2.75 bits per heavy atom. The van der Waals surface area contributed by atoms with E-state index in [1.807, 2.05) is 0 Å². The molecule has 0 amide bonds. The number of nitrogens with two attached hydrogens (primary N) is 1. The number of aliphatic hydroxyl groups excluding tert-OH is 1. The van der Waals surface area contributed by atoms with Crippen LogP contribution in [0.4, 0.5) is 5.69 Å². The molecule has 3 N–H and O–H groups in total. The lowest BCUT2D eigenvalue weighted by Crippen LogP contribution is -2.41. The lowest BCUT2D eigenvalue weighted by Gasteiger charge is -2.30. The second-order valence-corrected chi connectivity index (χ2v) is 6.45. The molecule has 1 saturated heterocycles. The molecule has 8 heteroatoms. The van der Waals surface area contributed by atoms with Gasteiger partial charge in [0.1, 0.15) is 0 Å². The van der Waals surface area contributed by atoms with Crippen molar-refractivity contribution in [2.75, 3.05) is 32.0 Å². The molecule has 20 heavy (non-hydrogen) atoms. The van der Waals surface area contributed by atoms with Gasteiger partial charge in [-0.15, -0.1) is 0 Å². The van der Waals surface area contributed by atoms with Gasteiger partial charge in [0.25, 0.3) is 10.0 Å². The molecule has 0 aliphatic carbocycles. The smallest absolute Gasteiger partial charge is 0.262 e. The monoisotopic (exact) mass is 301 g/mol. The molecule has 1 fully saturated rings. The molecule has 0 radical (unpaired) electrons. The van der Waals surface area contributed by atoms with Crippen molar-refractivity contribution in [1.82, 2.24) is 9.29 Å². The minimum Gasteiger partial charge on any atom is -0.396 e. The summed E-state index contributed by atoms with van der Waals surface area (Å²) in [6, 6.07) is 3.13. The summed E-state index contributed by atoms with van der Waals surface area (Å²) in [5.41, 5.74) is 5.84. The zero-order valence-electron chi connectivity index (χ0n) is 11.1. The number of nitrogen functional groups attached to an aromatic ring is 1. The topological polar surface area (TPSA) is 106 Å². The maximum absolute atomic E-state index is 12.4. The summed E-state index contributed by atoms with van der Waals surface area (Å²) in [5, 5.41) is 8.62. The Balaban J connectivity index is 2.04. The van der Waals surface area contributed by atoms with Crippen LogP contribution < -0.4 is 5.73 Å². The number of piperidine rings is 1. The van der Waals surface area contributed by atoms with Gasteiger partial charge in [-0.25, -0.2) is 13.4 Å². The van der Waals surface area contributed by atoms with E-state index in [4.69, 9.17) is 15.6 Å². The quantitative estimate of drug-likeness (QED) is 0.782. The summed E-state index contributed by atoms with van der Waals surface area (Å²) in [5.74, 6) is 0. The van der Waals surface area contributed by atoms with Gasteiger partial charge in [-0.3, -0.25) is 0 Å². The fourth-order valence-corrected chi connectivity index (χ4v) is 3.70. The first kappa shape index (κ1) is 15.2. The second-order valence-electron chi connectivity index (χ2n) is 4.60. The van der Waals surface area contributed by atoms with Crippen molar-refractivity contribution in [2.45, 2.75) is 24.0 Å². The molecule has 0 atom stereocenters. The first-order valence-electron chi connectivity index (χ1n) is 6.49. The van der Waals surface area contributed by atoms with Gasteiger partial charge in [-0.05, 0) is 25.0 Å². The van der Waals surface area contributed by atoms with Gasteiger partial charge >= 0.3 is 0 Å². The fraction of sp³-hybridized carbons (Fsp3) is 0.583. The van der Waals surface area contributed by atoms with Gasteiger partial charge < -0.3 is 15.6 Å². The number of anilines is 1. The third kappa shape index (κ3) is 3.26. The number of aliphatic hydroxyl groups is 1. The molecule has 1 aliphatic heterocycles. The Morgan fingerprint density at radius 2 is 2.15 bits per heavy atom. The Morgan fingerprint density at radius 1 is 1.45 bits per heavy atom. The minimum absolute atomic E-state index is 0.00493. The SMILES string of the molecule is Nc1cccnc1S(=O)(=O)N1CCC(OCCO)CC1. The Bertz CT molecular complexity index is 541. The summed E-state index contributed by atoms with van der Waals surface area (Å²) in [7, 11) is -3.64. The number of hydrogen-bond acceptors (Lipinski definition) is 6. The molecule has 0 saturated carbocycles. The van der Waals surface area contributed by atoms with Crippen molar-refractivity contribution < 1.29 is 18.3 Å². The van der Waals surface area contributed by atoms with Crippen LogP contribution in [0.5, 0.6) is 0 Å². The van der Waals surface area contributed by atoms with Gasteiger partial charge in [0, 0.05) is 19.3 Å². The third-order valence-corrected chi connectivity index (χ3v) is 5.11. The van der Waals surface area contributed by atoms with Crippen molar-refractivity contribution in [3.05, 3.63) is 18.3 Å². The highest BCUT2D eigenvalue weighted by molar-refractivity contribution is 7.89. The first-order valence-corrected chi connectivity index (χ1v) is 7.93. The fourth-order valence-electron chi connectivity index (χ4n) is 2.20. The van der Waals surface area contributed by atoms with Crippen LogP contribution in [-0.2, 0) is 14.8 Å². The standard InChI is InChI=1S/C12H19N3O4S/c13-11-2-1-5-14-12(11)20(17,18)15-6-3-10(4-7-15)19-9-8-16/h1-2,5,10,16H,3-4,6-9,13H2. The van der Waals surface area contributed by atoms with E-state index in [1.165, 1.54) is 16.6 Å². The molecular weight excluding hydrogens is 282 g/mol. The largest absolute Gasteiger partial charge is 0.396 e. The van der Waals surface area contributed by atoms with E-state index in [1.54, 1.807) is 6.07 Å². The molecule has 112 valence electrons. The van der Waals surface area contributed by atoms with Crippen LogP contribution in [0.3, 0.4) is 0 Å². The van der Waals surface area contributed by atoms with Crippen LogP contribution in [-0.4, -0.2) is 55.2 Å². The average Bonchev–Trinajstić information content (AvgIpc) is 2.46. The zero-order valence-corrected chi connectivity index (χ0v) is 11.9. The Hall–Kier alpha value is -1.22. The van der Waals surface area contributed by atoms with Crippen molar-refractivity contribution in [3.63, 3.8) is 0 Å². The summed E-state index contributed by atoms with van der Waals surface area (Å²) in [6.07, 6.45) is 2.62. The molecule has 0 aromatic carbocycles. The molecule has 1 aliphatic rings. The number of pyridine rings is 1. The van der Waals surface area contributed by atoms with E-state index < -0.39 is 10.0 Å². The second kappa shape index (κ2) is 6.49. The van der Waals surface area contributed by atoms with Crippen molar-refractivity contribution in [1.29, 1.82) is 0 Å². The highest BCUT2D eigenvalue weighted by Crippen LogP contribution is 2.23. The Kier molecular flexibility index (Phi) is 4.92. The number of nitrogens with zero attached hydrogens (tertiary/aromatic N) is 2. The number of hydrogen-bond donors (Lipinski definition) is 2. The van der Waals surface area contributed by atoms with Crippen LogP contribution in [0.25, 0.3) is 0 Å². The van der Waals surface area contributed by atoms with E-state index in [0.717, 1.165) is 0 Å². The van der Waals surface area contributed by atoms with Crippen LogP contribution in [0.15, 0.2) is 23.4 Å². The molecule has 1 aromatic rings. The lowest BCUT2D eigenvalue weighted by molar-refractivity contribution is 0.00316. The van der Waals surface area contributed by atoms with Crippen molar-refractivity contribution in [3.8, 4) is 0 Å². The minimum atomic E-state index is -3.64. The van der Waals surface area contributed by atoms with Gasteiger partial charge in [-0.2, -0.15) is 4.31 Å². The molecule has 2 heterocycles. The van der Waals surface area contributed by atoms with E-state index >= 15 is 0 Å². The number of sulfonamides is 1. The normalized spacial score (nSPS) is 18.2. The molecule has 2 rings (SSSR count). The van der Waals surface area contributed by atoms with Crippen LogP contribution in [0, 0.1) is 0 Å². The summed E-state index contributed by atoms with van der Waals surface area (Å²) < 4.78 is 31.7. The number of aromatic nitrogens is 1. The van der Waals surface area contributed by atoms with E-state index in [9.17, 15) is 8.42 Å². The molecule has 0 unspecified atom stereocenters. The van der Waals surface area contributed by atoms with Crippen molar-refractivity contribution in [2.24, 2.45) is 0 Å². The van der Waals surface area contributed by atoms with Gasteiger partial charge in [0.15, 0.2) is 5.03 Å². The molecule has 7 nitrogen and oxygen atoms in total. The Labute approximate surface area is 118 Å². The van der Waals surface area contributed by atoms with Gasteiger partial charge in [0.2, 0.25) is 0 Å². The van der Waals surface area contributed by atoms with Crippen molar-refractivity contribution >= 4 is 15.7 Å². The highest BCUT2D eigenvalue weighted by atomic mass is 32.2. The van der Waals surface area contributed by atoms with Crippen LogP contribution in [0.1, 0.15) is 12.8 Å². The lowest BCUT2D eigenvalue weighted by atomic mass is 10.1. The summed E-state index contributed by atoms with van der Waals surface area (Å²) in [6.45, 7) is 0.997. The maximum Gasteiger partial charge on any atom is 0.262 e. The predicted octanol–water partition coefficient (Wildman–Crippen LogP) is -0.174. The number of rotatable bonds is 5. The van der Waals surface area contributed by atoms with Crippen LogP contribution in [0.2, 0.25) is 0 Å². The van der Waals surface area contributed by atoms with Gasteiger partial charge in [0.05, 0.1) is 25.0 Å². The zero-order chi connectivity index (χ0) is 14.6. The molecule has 1 aromatic heterocycles.